The van der Waals surface area contributed by atoms with Crippen LogP contribution in [-0.4, -0.2) is 24.2 Å². The summed E-state index contributed by atoms with van der Waals surface area (Å²) in [5.74, 6) is 0. The highest BCUT2D eigenvalue weighted by molar-refractivity contribution is 5.41. The molecular weight excluding hydrogens is 164 g/mol. The van der Waals surface area contributed by atoms with E-state index in [-0.39, 0.29) is 0 Å². The summed E-state index contributed by atoms with van der Waals surface area (Å²) in [6, 6.07) is 4.23. The number of anilines is 1. The molecule has 72 valence electrons. The van der Waals surface area contributed by atoms with Gasteiger partial charge in [-0.25, -0.2) is 0 Å². The fraction of sp³-hybridized carbons (Fsp3) is 0.500. The Morgan fingerprint density at radius 1 is 1.46 bits per heavy atom. The molecule has 1 atom stereocenters. The van der Waals surface area contributed by atoms with Crippen molar-refractivity contribution < 1.29 is 4.74 Å². The molecule has 0 amide bonds. The molecule has 1 rings (SSSR count). The second-order valence-corrected chi connectivity index (χ2v) is 2.94. The van der Waals surface area contributed by atoms with E-state index < -0.39 is 0 Å². The number of nitrogens with zero attached hydrogens (tertiary/aromatic N) is 1. The highest BCUT2D eigenvalue weighted by Gasteiger charge is 2.00. The van der Waals surface area contributed by atoms with Gasteiger partial charge in [-0.2, -0.15) is 0 Å². The number of hydrogen-bond acceptors (Lipinski definition) is 3. The average Bonchev–Trinajstić information content (AvgIpc) is 2.16. The topological polar surface area (TPSA) is 34.1 Å². The van der Waals surface area contributed by atoms with E-state index in [1.807, 2.05) is 19.1 Å². The van der Waals surface area contributed by atoms with Crippen LogP contribution >= 0.6 is 0 Å². The molecule has 0 saturated heterocycles. The average molecular weight is 180 g/mol. The Morgan fingerprint density at radius 2 is 2.15 bits per heavy atom. The maximum atomic E-state index is 5.29. The van der Waals surface area contributed by atoms with Gasteiger partial charge in [-0.05, 0) is 26.0 Å². The Morgan fingerprint density at radius 3 is 2.77 bits per heavy atom. The molecule has 0 spiro atoms. The molecule has 1 unspecified atom stereocenters. The highest BCUT2D eigenvalue weighted by Crippen LogP contribution is 2.05. The summed E-state index contributed by atoms with van der Waals surface area (Å²) in [5, 5.41) is 3.31. The fourth-order valence-corrected chi connectivity index (χ4v) is 1.07. The molecule has 3 nitrogen and oxygen atoms in total. The van der Waals surface area contributed by atoms with Crippen molar-refractivity contribution in [2.45, 2.75) is 19.9 Å². The molecule has 3 heteroatoms. The zero-order valence-corrected chi connectivity index (χ0v) is 8.16. The first kappa shape index (κ1) is 9.99. The smallest absolute Gasteiger partial charge is 0.0664 e. The van der Waals surface area contributed by atoms with Crippen molar-refractivity contribution in [3.8, 4) is 0 Å². The Kier molecular flexibility index (Phi) is 4.26. The molecule has 0 radical (unpaired) electrons. The van der Waals surface area contributed by atoms with Gasteiger partial charge in [-0.3, -0.25) is 4.98 Å². The third kappa shape index (κ3) is 3.90. The first-order valence-corrected chi connectivity index (χ1v) is 4.57. The summed E-state index contributed by atoms with van der Waals surface area (Å²) in [7, 11) is 0. The van der Waals surface area contributed by atoms with E-state index in [2.05, 4.69) is 17.2 Å². The minimum atomic E-state index is 0.336. The molecule has 0 aliphatic rings. The number of ether oxygens (including phenoxy) is 1. The Hall–Kier alpha value is -1.09. The molecular formula is C10H16N2O. The van der Waals surface area contributed by atoms with Gasteiger partial charge >= 0.3 is 0 Å². The predicted molar refractivity (Wildman–Crippen MR) is 53.8 cm³/mol. The highest BCUT2D eigenvalue weighted by atomic mass is 16.5. The largest absolute Gasteiger partial charge is 0.380 e. The van der Waals surface area contributed by atoms with Gasteiger partial charge in [-0.1, -0.05) is 0 Å². The normalized spacial score (nSPS) is 12.5. The van der Waals surface area contributed by atoms with Crippen LogP contribution in [0.4, 0.5) is 5.69 Å². The van der Waals surface area contributed by atoms with Crippen LogP contribution < -0.4 is 5.32 Å². The molecule has 0 aliphatic carbocycles. The molecule has 13 heavy (non-hydrogen) atoms. The third-order valence-electron chi connectivity index (χ3n) is 1.67. The molecule has 0 aliphatic heterocycles. The quantitative estimate of drug-likeness (QED) is 0.751. The maximum absolute atomic E-state index is 5.29. The molecule has 0 fully saturated rings. The summed E-state index contributed by atoms with van der Waals surface area (Å²) in [6.07, 6.45) is 3.55. The zero-order valence-electron chi connectivity index (χ0n) is 8.16. The lowest BCUT2D eigenvalue weighted by Crippen LogP contribution is -2.21. The van der Waals surface area contributed by atoms with Crippen molar-refractivity contribution in [2.75, 3.05) is 18.5 Å². The minimum Gasteiger partial charge on any atom is -0.380 e. The van der Waals surface area contributed by atoms with Gasteiger partial charge in [0.15, 0.2) is 0 Å². The predicted octanol–water partition coefficient (Wildman–Crippen LogP) is 1.92. The summed E-state index contributed by atoms with van der Waals surface area (Å²) in [6.45, 7) is 5.59. The van der Waals surface area contributed by atoms with Crippen LogP contribution in [0.2, 0.25) is 0 Å². The van der Waals surface area contributed by atoms with E-state index in [1.54, 1.807) is 12.4 Å². The third-order valence-corrected chi connectivity index (χ3v) is 1.67. The molecule has 1 N–H and O–H groups in total. The van der Waals surface area contributed by atoms with Crippen molar-refractivity contribution >= 4 is 5.69 Å². The second kappa shape index (κ2) is 5.54. The summed E-state index contributed by atoms with van der Waals surface area (Å²) >= 11 is 0. The van der Waals surface area contributed by atoms with Gasteiger partial charge in [0.25, 0.3) is 0 Å². The monoisotopic (exact) mass is 180 g/mol. The van der Waals surface area contributed by atoms with Crippen LogP contribution in [0.5, 0.6) is 0 Å². The molecule has 0 saturated carbocycles. The summed E-state index contributed by atoms with van der Waals surface area (Å²) in [5.41, 5.74) is 1.09. The second-order valence-electron chi connectivity index (χ2n) is 2.94. The summed E-state index contributed by atoms with van der Waals surface area (Å²) in [4.78, 5) is 3.94. The first-order valence-electron chi connectivity index (χ1n) is 4.57. The van der Waals surface area contributed by atoms with Crippen LogP contribution in [0.15, 0.2) is 24.5 Å². The standard InChI is InChI=1S/C10H16N2O/c1-3-13-8-9(2)12-10-4-6-11-7-5-10/h4-7,9H,3,8H2,1-2H3,(H,11,12). The van der Waals surface area contributed by atoms with Gasteiger partial charge in [0, 0.05) is 30.7 Å². The maximum Gasteiger partial charge on any atom is 0.0664 e. The number of nitrogens with one attached hydrogen (secondary N) is 1. The van der Waals surface area contributed by atoms with Crippen LogP contribution in [-0.2, 0) is 4.74 Å². The van der Waals surface area contributed by atoms with Gasteiger partial charge in [-0.15, -0.1) is 0 Å². The van der Waals surface area contributed by atoms with Gasteiger partial charge < -0.3 is 10.1 Å². The number of aromatic nitrogens is 1. The van der Waals surface area contributed by atoms with Crippen LogP contribution in [0.25, 0.3) is 0 Å². The van der Waals surface area contributed by atoms with Crippen LogP contribution in [0.1, 0.15) is 13.8 Å². The SMILES string of the molecule is CCOCC(C)Nc1ccncc1. The summed E-state index contributed by atoms with van der Waals surface area (Å²) < 4.78 is 5.29. The molecule has 1 aromatic heterocycles. The fourth-order valence-electron chi connectivity index (χ4n) is 1.07. The minimum absolute atomic E-state index is 0.336. The lowest BCUT2D eigenvalue weighted by atomic mass is 10.3. The number of pyridine rings is 1. The Bertz CT molecular complexity index is 226. The van der Waals surface area contributed by atoms with Crippen LogP contribution in [0.3, 0.4) is 0 Å². The Balaban J connectivity index is 2.32. The molecule has 1 heterocycles. The van der Waals surface area contributed by atoms with Gasteiger partial charge in [0.05, 0.1) is 6.61 Å². The van der Waals surface area contributed by atoms with Crippen molar-refractivity contribution in [1.82, 2.24) is 4.98 Å². The lowest BCUT2D eigenvalue weighted by molar-refractivity contribution is 0.141. The Labute approximate surface area is 79.1 Å². The van der Waals surface area contributed by atoms with E-state index in [0.29, 0.717) is 6.04 Å². The van der Waals surface area contributed by atoms with E-state index in [4.69, 9.17) is 4.74 Å². The van der Waals surface area contributed by atoms with Crippen molar-refractivity contribution in [1.29, 1.82) is 0 Å². The lowest BCUT2D eigenvalue weighted by Gasteiger charge is -2.14. The molecule has 1 aromatic rings. The van der Waals surface area contributed by atoms with Crippen molar-refractivity contribution in [3.63, 3.8) is 0 Å². The number of rotatable bonds is 5. The first-order chi connectivity index (χ1) is 6.33. The van der Waals surface area contributed by atoms with Crippen LogP contribution in [0, 0.1) is 0 Å². The van der Waals surface area contributed by atoms with E-state index in [0.717, 1.165) is 18.9 Å². The van der Waals surface area contributed by atoms with Gasteiger partial charge in [0.2, 0.25) is 0 Å². The van der Waals surface area contributed by atoms with Crippen molar-refractivity contribution in [2.24, 2.45) is 0 Å². The molecule has 0 bridgehead atoms. The van der Waals surface area contributed by atoms with E-state index >= 15 is 0 Å². The molecule has 0 aromatic carbocycles. The van der Waals surface area contributed by atoms with Crippen molar-refractivity contribution in [3.05, 3.63) is 24.5 Å². The number of hydrogen-bond donors (Lipinski definition) is 1. The van der Waals surface area contributed by atoms with E-state index in [9.17, 15) is 0 Å². The van der Waals surface area contributed by atoms with Gasteiger partial charge in [0.1, 0.15) is 0 Å². The van der Waals surface area contributed by atoms with E-state index in [1.165, 1.54) is 0 Å². The zero-order chi connectivity index (χ0) is 9.52.